The molecule has 22 heavy (non-hydrogen) atoms. The molecule has 0 aliphatic rings. The van der Waals surface area contributed by atoms with E-state index >= 15 is 0 Å². The molecular weight excluding hydrogens is 343 g/mol. The summed E-state index contributed by atoms with van der Waals surface area (Å²) in [6.07, 6.45) is 0. The lowest BCUT2D eigenvalue weighted by molar-refractivity contribution is 0.584. The first-order chi connectivity index (χ1) is 10.4. The highest BCUT2D eigenvalue weighted by Gasteiger charge is 2.17. The zero-order valence-corrected chi connectivity index (χ0v) is 15.6. The second-order valence-corrected chi connectivity index (χ2v) is 6.22. The van der Waals surface area contributed by atoms with Crippen molar-refractivity contribution in [3.8, 4) is 0 Å². The van der Waals surface area contributed by atoms with E-state index in [0.29, 0.717) is 27.0 Å². The van der Waals surface area contributed by atoms with Gasteiger partial charge in [-0.25, -0.2) is 9.97 Å². The predicted octanol–water partition coefficient (Wildman–Crippen LogP) is 4.48. The molecule has 0 fully saturated rings. The molecule has 0 spiro atoms. The molecule has 122 valence electrons. The van der Waals surface area contributed by atoms with Crippen LogP contribution in [-0.4, -0.2) is 19.5 Å². The van der Waals surface area contributed by atoms with Crippen LogP contribution in [0.3, 0.4) is 0 Å². The number of aromatic amines is 1. The molecular formula is C14H20Cl2N4OS. The summed E-state index contributed by atoms with van der Waals surface area (Å²) < 4.78 is 1.87. The molecule has 2 aromatic heterocycles. The average Bonchev–Trinajstić information content (AvgIpc) is 2.72. The van der Waals surface area contributed by atoms with Gasteiger partial charge in [0.2, 0.25) is 5.28 Å². The first-order valence-corrected chi connectivity index (χ1v) is 8.75. The Balaban J connectivity index is 0.00000116. The van der Waals surface area contributed by atoms with Gasteiger partial charge in [-0.05, 0) is 32.4 Å². The van der Waals surface area contributed by atoms with Crippen LogP contribution < -0.4 is 5.56 Å². The lowest BCUT2D eigenvalue weighted by Crippen LogP contribution is -2.09. The number of imidazole rings is 1. The normalized spacial score (nSPS) is 10.5. The van der Waals surface area contributed by atoms with Gasteiger partial charge in [0.25, 0.3) is 5.56 Å². The summed E-state index contributed by atoms with van der Waals surface area (Å²) in [5.74, 6) is 0.531. The van der Waals surface area contributed by atoms with Crippen LogP contribution in [-0.2, 0) is 5.75 Å². The van der Waals surface area contributed by atoms with E-state index in [4.69, 9.17) is 23.2 Å². The fourth-order valence-electron chi connectivity index (χ4n) is 1.82. The highest BCUT2D eigenvalue weighted by atomic mass is 35.5. The number of aryl methyl sites for hydroxylation is 1. The Labute approximate surface area is 144 Å². The maximum absolute atomic E-state index is 11.4. The van der Waals surface area contributed by atoms with Gasteiger partial charge >= 0.3 is 0 Å². The van der Waals surface area contributed by atoms with Gasteiger partial charge in [-0.15, -0.1) is 0 Å². The topological polar surface area (TPSA) is 63.6 Å². The van der Waals surface area contributed by atoms with E-state index in [0.717, 1.165) is 5.69 Å². The summed E-state index contributed by atoms with van der Waals surface area (Å²) in [7, 11) is 0. The standard InChI is InChI=1S/C12H14Cl2N4OS.C2H6/c1-6(2)18-8(10(13)17-11(18)14)5-20-12-15-7(3)4-9(19)16-12;1-2/h4,6H,5H2,1-3H3,(H,15,16,19);1-2H3. The van der Waals surface area contributed by atoms with Crippen LogP contribution in [0, 0.1) is 6.92 Å². The largest absolute Gasteiger partial charge is 0.314 e. The maximum atomic E-state index is 11.4. The van der Waals surface area contributed by atoms with Crippen LogP contribution in [0.1, 0.15) is 45.1 Å². The van der Waals surface area contributed by atoms with Crippen LogP contribution in [0.2, 0.25) is 10.4 Å². The number of halogens is 2. The summed E-state index contributed by atoms with van der Waals surface area (Å²) in [5.41, 5.74) is 1.33. The Morgan fingerprint density at radius 2 is 1.95 bits per heavy atom. The van der Waals surface area contributed by atoms with E-state index in [1.807, 2.05) is 32.3 Å². The van der Waals surface area contributed by atoms with Gasteiger partial charge in [0.15, 0.2) is 10.3 Å². The number of H-pyrrole nitrogens is 1. The number of nitrogens with zero attached hydrogens (tertiary/aromatic N) is 3. The Morgan fingerprint density at radius 1 is 1.32 bits per heavy atom. The third-order valence-electron chi connectivity index (χ3n) is 2.63. The van der Waals surface area contributed by atoms with Crippen molar-refractivity contribution in [3.63, 3.8) is 0 Å². The van der Waals surface area contributed by atoms with Gasteiger partial charge in [-0.3, -0.25) is 4.79 Å². The molecule has 0 amide bonds. The molecule has 1 N–H and O–H groups in total. The first-order valence-electron chi connectivity index (χ1n) is 7.01. The van der Waals surface area contributed by atoms with Crippen LogP contribution in [0.5, 0.6) is 0 Å². The molecule has 0 bridgehead atoms. The van der Waals surface area contributed by atoms with Crippen LogP contribution in [0.25, 0.3) is 0 Å². The van der Waals surface area contributed by atoms with Gasteiger partial charge in [0.1, 0.15) is 0 Å². The van der Waals surface area contributed by atoms with Crippen molar-refractivity contribution < 1.29 is 0 Å². The second-order valence-electron chi connectivity index (χ2n) is 4.56. The van der Waals surface area contributed by atoms with E-state index in [9.17, 15) is 4.79 Å². The highest BCUT2D eigenvalue weighted by molar-refractivity contribution is 7.98. The van der Waals surface area contributed by atoms with Gasteiger partial charge < -0.3 is 9.55 Å². The van der Waals surface area contributed by atoms with Crippen LogP contribution >= 0.6 is 35.0 Å². The third kappa shape index (κ3) is 4.76. The Hall–Kier alpha value is -0.980. The molecule has 2 heterocycles. The Kier molecular flexibility index (Phi) is 7.45. The van der Waals surface area contributed by atoms with Crippen molar-refractivity contribution in [2.45, 2.75) is 51.6 Å². The minimum absolute atomic E-state index is 0.155. The summed E-state index contributed by atoms with van der Waals surface area (Å²) in [4.78, 5) is 22.4. The Morgan fingerprint density at radius 3 is 2.50 bits per heavy atom. The quantitative estimate of drug-likeness (QED) is 0.643. The molecule has 5 nitrogen and oxygen atoms in total. The fraction of sp³-hybridized carbons (Fsp3) is 0.500. The third-order valence-corrected chi connectivity index (χ3v) is 4.08. The number of hydrogen-bond acceptors (Lipinski definition) is 4. The molecule has 0 unspecified atom stereocenters. The number of aromatic nitrogens is 4. The van der Waals surface area contributed by atoms with E-state index in [1.54, 1.807) is 6.92 Å². The molecule has 2 aromatic rings. The van der Waals surface area contributed by atoms with Gasteiger partial charge in [0, 0.05) is 23.6 Å². The van der Waals surface area contributed by atoms with E-state index < -0.39 is 0 Å². The summed E-state index contributed by atoms with van der Waals surface area (Å²) in [5, 5.41) is 1.30. The molecule has 0 radical (unpaired) electrons. The highest BCUT2D eigenvalue weighted by Crippen LogP contribution is 2.29. The first kappa shape index (κ1) is 19.1. The summed E-state index contributed by atoms with van der Waals surface area (Å²) >= 11 is 13.6. The van der Waals surface area contributed by atoms with Crippen LogP contribution in [0.4, 0.5) is 0 Å². The van der Waals surface area contributed by atoms with Gasteiger partial charge in [-0.2, -0.15) is 0 Å². The molecule has 0 aliphatic heterocycles. The SMILES string of the molecule is CC.Cc1cc(=O)[nH]c(SCc2c(Cl)nc(Cl)n2C(C)C)n1. The number of thioether (sulfide) groups is 1. The van der Waals surface area contributed by atoms with Gasteiger partial charge in [0.05, 0.1) is 5.69 Å². The zero-order chi connectivity index (χ0) is 16.9. The van der Waals surface area contributed by atoms with Crippen molar-refractivity contribution in [1.82, 2.24) is 19.5 Å². The van der Waals surface area contributed by atoms with E-state index in [2.05, 4.69) is 15.0 Å². The predicted molar refractivity (Wildman–Crippen MR) is 93.1 cm³/mol. The maximum Gasteiger partial charge on any atom is 0.251 e. The van der Waals surface area contributed by atoms with Crippen molar-refractivity contribution in [2.24, 2.45) is 0 Å². The van der Waals surface area contributed by atoms with E-state index in [-0.39, 0.29) is 11.6 Å². The van der Waals surface area contributed by atoms with E-state index in [1.165, 1.54) is 17.8 Å². The Bertz CT molecular complexity index is 682. The molecule has 0 saturated carbocycles. The van der Waals surface area contributed by atoms with Crippen LogP contribution in [0.15, 0.2) is 16.0 Å². The minimum Gasteiger partial charge on any atom is -0.314 e. The molecule has 8 heteroatoms. The lowest BCUT2D eigenvalue weighted by Gasteiger charge is -2.12. The number of rotatable bonds is 4. The van der Waals surface area contributed by atoms with Crippen molar-refractivity contribution in [3.05, 3.63) is 38.2 Å². The minimum atomic E-state index is -0.165. The van der Waals surface area contributed by atoms with Crippen molar-refractivity contribution in [1.29, 1.82) is 0 Å². The lowest BCUT2D eigenvalue weighted by atomic mass is 10.4. The molecule has 2 rings (SSSR count). The zero-order valence-electron chi connectivity index (χ0n) is 13.3. The molecule has 0 aromatic carbocycles. The van der Waals surface area contributed by atoms with Gasteiger partial charge in [-0.1, -0.05) is 37.2 Å². The molecule has 0 atom stereocenters. The molecule has 0 aliphatic carbocycles. The second kappa shape index (κ2) is 8.60. The van der Waals surface area contributed by atoms with Crippen molar-refractivity contribution >= 4 is 35.0 Å². The smallest absolute Gasteiger partial charge is 0.251 e. The molecule has 0 saturated heterocycles. The van der Waals surface area contributed by atoms with Crippen molar-refractivity contribution in [2.75, 3.05) is 0 Å². The number of nitrogens with one attached hydrogen (secondary N) is 1. The summed E-state index contributed by atoms with van der Waals surface area (Å²) in [6, 6.07) is 1.61. The average molecular weight is 363 g/mol. The summed E-state index contributed by atoms with van der Waals surface area (Å²) in [6.45, 7) is 9.79. The fourth-order valence-corrected chi connectivity index (χ4v) is 3.49. The number of hydrogen-bond donors (Lipinski definition) is 1. The monoisotopic (exact) mass is 362 g/mol.